The summed E-state index contributed by atoms with van der Waals surface area (Å²) in [6, 6.07) is 36.2. The van der Waals surface area contributed by atoms with E-state index >= 15 is 0 Å². The number of rotatable bonds is 8. The van der Waals surface area contributed by atoms with Crippen molar-refractivity contribution in [1.29, 1.82) is 0 Å². The van der Waals surface area contributed by atoms with E-state index in [0.717, 1.165) is 43.8 Å². The molecule has 3 heterocycles. The first kappa shape index (κ1) is 32.7. The Labute approximate surface area is 322 Å². The number of benzene rings is 4. The van der Waals surface area contributed by atoms with Crippen molar-refractivity contribution in [3.05, 3.63) is 139 Å². The predicted molar refractivity (Wildman–Crippen MR) is 210 cm³/mol. The average molecular weight is 873 g/mol. The van der Waals surface area contributed by atoms with Gasteiger partial charge in [0.15, 0.2) is 0 Å². The van der Waals surface area contributed by atoms with Gasteiger partial charge in [-0.15, -0.1) is 48.0 Å². The fraction of sp³-hybridized carbons (Fsp3) is 0.244. The minimum Gasteiger partial charge on any atom is -0.501 e. The van der Waals surface area contributed by atoms with Crippen molar-refractivity contribution in [2.45, 2.75) is 60.1 Å². The minimum absolute atomic E-state index is 0. The molecule has 0 saturated heterocycles. The zero-order valence-electron chi connectivity index (χ0n) is 34.1. The second kappa shape index (κ2) is 16.4. The van der Waals surface area contributed by atoms with Gasteiger partial charge in [-0.25, -0.2) is 0 Å². The van der Waals surface area contributed by atoms with Crippen LogP contribution in [0.1, 0.15) is 44.3 Å². The maximum absolute atomic E-state index is 13.1. The van der Waals surface area contributed by atoms with E-state index in [1.165, 1.54) is 12.1 Å². The van der Waals surface area contributed by atoms with E-state index in [9.17, 15) is 4.39 Å². The Bertz CT molecular complexity index is 2410. The number of furan rings is 1. The maximum Gasteiger partial charge on any atom is 0.120 e. The maximum atomic E-state index is 13.1. The first-order valence-corrected chi connectivity index (χ1v) is 20.6. The summed E-state index contributed by atoms with van der Waals surface area (Å²) in [4.78, 5) is 9.00. The first-order valence-electron chi connectivity index (χ1n) is 19.1. The molecule has 0 amide bonds. The van der Waals surface area contributed by atoms with Gasteiger partial charge in [-0.1, -0.05) is 118 Å². The summed E-state index contributed by atoms with van der Waals surface area (Å²) >= 11 is 0. The van der Waals surface area contributed by atoms with Crippen LogP contribution in [0.5, 0.6) is 0 Å². The third-order valence-corrected chi connectivity index (χ3v) is 10.2. The molecule has 7 rings (SSSR count). The number of hydrogen-bond donors (Lipinski definition) is 0. The molecule has 1 radical (unpaired) electrons. The van der Waals surface area contributed by atoms with E-state index in [4.69, 9.17) is 9.90 Å². The van der Waals surface area contributed by atoms with Gasteiger partial charge in [0.2, 0.25) is 0 Å². The minimum atomic E-state index is -1.74. The standard InChI is InChI=1S/C27H22NO.C18H23FNSi.Ir/c1-18(2)15-19-13-14-28-25(16-19)23-10-6-9-22-24-17-21(20-7-4-3-5-8-20)11-12-26(24)29-27(22)23;1-13(2)10-15-11-17(14-6-8-16(19)9-7-14)20-12-18(15)21(3,4)5;/h3-9,11-14,16-18H,15H2,1-2H3;6,8-9,11-13H,10H2,1-5H3;/q2*-1;/i15D2;10D2;. The summed E-state index contributed by atoms with van der Waals surface area (Å²) in [7, 11) is -1.74. The fourth-order valence-electron chi connectivity index (χ4n) is 5.93. The molecular weight excluding hydrogens is 824 g/mol. The van der Waals surface area contributed by atoms with Crippen LogP contribution in [0.4, 0.5) is 4.39 Å². The van der Waals surface area contributed by atoms with Gasteiger partial charge in [-0.3, -0.25) is 4.39 Å². The number of pyridine rings is 2. The van der Waals surface area contributed by atoms with Gasteiger partial charge >= 0.3 is 0 Å². The molecule has 7 aromatic rings. The van der Waals surface area contributed by atoms with Crippen molar-refractivity contribution in [3.63, 3.8) is 0 Å². The SMILES string of the molecule is [2H]C([2H])(c1cc(-c2[c-]cc(F)cc2)ncc1[Si](C)(C)C)C(C)C.[2H]C([2H])(c1ccnc(-c2[c-]ccc3c2oc2ccc(-c4ccccc4)cc23)c1)C(C)C.[Ir]. The molecule has 0 saturated carbocycles. The molecule has 0 aliphatic rings. The number of halogens is 1. The number of nitrogens with zero attached hydrogens (tertiary/aromatic N) is 2. The Morgan fingerprint density at radius 2 is 1.55 bits per heavy atom. The van der Waals surface area contributed by atoms with E-state index in [2.05, 4.69) is 66.0 Å². The zero-order valence-corrected chi connectivity index (χ0v) is 33.5. The molecule has 4 aromatic carbocycles. The molecule has 51 heavy (non-hydrogen) atoms. The van der Waals surface area contributed by atoms with Gasteiger partial charge in [0.05, 0.1) is 13.7 Å². The number of fused-ring (bicyclic) bond motifs is 3. The van der Waals surface area contributed by atoms with Gasteiger partial charge in [-0.2, -0.15) is 0 Å². The van der Waals surface area contributed by atoms with Crippen LogP contribution in [0.3, 0.4) is 0 Å². The van der Waals surface area contributed by atoms with Gasteiger partial charge in [0.1, 0.15) is 5.58 Å². The quantitative estimate of drug-likeness (QED) is 0.113. The average Bonchev–Trinajstić information content (AvgIpc) is 3.53. The van der Waals surface area contributed by atoms with Gasteiger partial charge in [0, 0.05) is 49.2 Å². The molecule has 3 nitrogen and oxygen atoms in total. The molecule has 3 aromatic heterocycles. The van der Waals surface area contributed by atoms with Crippen molar-refractivity contribution in [1.82, 2.24) is 9.97 Å². The largest absolute Gasteiger partial charge is 0.501 e. The van der Waals surface area contributed by atoms with Crippen LogP contribution in [-0.2, 0) is 32.9 Å². The molecule has 0 atom stereocenters. The van der Waals surface area contributed by atoms with Gasteiger partial charge < -0.3 is 14.4 Å². The fourth-order valence-corrected chi connectivity index (χ4v) is 7.33. The Morgan fingerprint density at radius 3 is 2.24 bits per heavy atom. The molecule has 0 fully saturated rings. The third kappa shape index (κ3) is 9.18. The second-order valence-corrected chi connectivity index (χ2v) is 19.1. The van der Waals surface area contributed by atoms with Crippen molar-refractivity contribution in [2.24, 2.45) is 11.8 Å². The van der Waals surface area contributed by atoms with Gasteiger partial charge in [-0.05, 0) is 70.5 Å². The van der Waals surface area contributed by atoms with Crippen LogP contribution >= 0.6 is 0 Å². The second-order valence-electron chi connectivity index (χ2n) is 14.1. The Morgan fingerprint density at radius 1 is 0.784 bits per heavy atom. The van der Waals surface area contributed by atoms with Crippen molar-refractivity contribution in [2.75, 3.05) is 0 Å². The number of hydrogen-bond acceptors (Lipinski definition) is 3. The summed E-state index contributed by atoms with van der Waals surface area (Å²) in [5, 5.41) is 3.07. The normalized spacial score (nSPS) is 13.2. The molecule has 0 spiro atoms. The van der Waals surface area contributed by atoms with E-state index in [1.807, 2.05) is 76.2 Å². The van der Waals surface area contributed by atoms with Crippen molar-refractivity contribution < 1.29 is 34.4 Å². The smallest absolute Gasteiger partial charge is 0.120 e. The van der Waals surface area contributed by atoms with Crippen LogP contribution in [0.2, 0.25) is 19.6 Å². The van der Waals surface area contributed by atoms with E-state index in [1.54, 1.807) is 24.5 Å². The molecular formula is C45H45FIrN2OSi-2. The van der Waals surface area contributed by atoms with E-state index in [0.29, 0.717) is 28.1 Å². The molecule has 0 aliphatic heterocycles. The van der Waals surface area contributed by atoms with Crippen LogP contribution in [0, 0.1) is 29.8 Å². The molecule has 263 valence electrons. The topological polar surface area (TPSA) is 38.9 Å². The Kier molecular flexibility index (Phi) is 10.5. The van der Waals surface area contributed by atoms with Gasteiger partial charge in [0.25, 0.3) is 0 Å². The summed E-state index contributed by atoms with van der Waals surface area (Å²) in [6.45, 7) is 14.1. The van der Waals surface area contributed by atoms with Crippen LogP contribution in [0.15, 0.2) is 114 Å². The summed E-state index contributed by atoms with van der Waals surface area (Å²) < 4.78 is 53.3. The molecule has 0 aliphatic carbocycles. The first-order chi connectivity index (χ1) is 25.5. The predicted octanol–water partition coefficient (Wildman–Crippen LogP) is 11.7. The van der Waals surface area contributed by atoms with Crippen molar-refractivity contribution in [3.8, 4) is 33.6 Å². The third-order valence-electron chi connectivity index (χ3n) is 8.22. The summed E-state index contributed by atoms with van der Waals surface area (Å²) in [6.07, 6.45) is 0.583. The van der Waals surface area contributed by atoms with E-state index in [-0.39, 0.29) is 37.8 Å². The van der Waals surface area contributed by atoms with E-state index < -0.39 is 20.8 Å². The van der Waals surface area contributed by atoms with Crippen LogP contribution < -0.4 is 5.19 Å². The van der Waals surface area contributed by atoms with Crippen LogP contribution in [0.25, 0.3) is 55.6 Å². The zero-order chi connectivity index (χ0) is 39.0. The Balaban J connectivity index is 0.000000217. The molecule has 0 N–H and O–H groups in total. The monoisotopic (exact) mass is 873 g/mol. The molecule has 6 heteroatoms. The summed E-state index contributed by atoms with van der Waals surface area (Å²) in [5.74, 6) is -0.639. The van der Waals surface area contributed by atoms with Crippen molar-refractivity contribution >= 4 is 35.2 Å². The number of aromatic nitrogens is 2. The molecule has 0 unspecified atom stereocenters. The van der Waals surface area contributed by atoms with Crippen LogP contribution in [-0.4, -0.2) is 18.0 Å². The Hall–Kier alpha value is -4.22. The summed E-state index contributed by atoms with van der Waals surface area (Å²) in [5.41, 5.74) is 7.85. The molecule has 0 bridgehead atoms.